The van der Waals surface area contributed by atoms with Crippen molar-refractivity contribution in [3.8, 4) is 0 Å². The summed E-state index contributed by atoms with van der Waals surface area (Å²) >= 11 is 0. The summed E-state index contributed by atoms with van der Waals surface area (Å²) in [6.45, 7) is 1.91. The van der Waals surface area contributed by atoms with Gasteiger partial charge in [-0.3, -0.25) is 5.11 Å². The second-order valence-corrected chi connectivity index (χ2v) is 3.09. The summed E-state index contributed by atoms with van der Waals surface area (Å²) in [5, 5.41) is 22.2. The maximum absolute atomic E-state index is 11.2. The van der Waals surface area contributed by atoms with Crippen LogP contribution >= 0.6 is 0 Å². The smallest absolute Gasteiger partial charge is 0.174 e. The zero-order valence-electron chi connectivity index (χ0n) is 6.76. The van der Waals surface area contributed by atoms with Crippen molar-refractivity contribution in [2.24, 2.45) is 0 Å². The maximum Gasteiger partial charge on any atom is 0.174 e. The Morgan fingerprint density at radius 2 is 2.17 bits per heavy atom. The molecule has 0 amide bonds. The van der Waals surface area contributed by atoms with Gasteiger partial charge in [-0.05, 0) is 25.0 Å². The van der Waals surface area contributed by atoms with E-state index in [-0.39, 0.29) is 17.9 Å². The van der Waals surface area contributed by atoms with Crippen molar-refractivity contribution in [1.29, 1.82) is 0 Å². The fourth-order valence-electron chi connectivity index (χ4n) is 1.46. The summed E-state index contributed by atoms with van der Waals surface area (Å²) < 4.78 is 0. The van der Waals surface area contributed by atoms with Gasteiger partial charge in [0.25, 0.3) is 0 Å². The number of hydrogen-bond acceptors (Lipinski definition) is 1. The number of allylic oxidation sites excluding steroid dienone is 1. The minimum absolute atomic E-state index is 0.282. The van der Waals surface area contributed by atoms with Gasteiger partial charge in [0.15, 0.2) is 5.76 Å². The minimum Gasteiger partial charge on any atom is -0.873 e. The molecule has 1 aromatic carbocycles. The molecule has 0 fully saturated rings. The van der Waals surface area contributed by atoms with E-state index in [0.29, 0.717) is 5.56 Å². The highest BCUT2D eigenvalue weighted by Crippen LogP contribution is 2.29. The quantitative estimate of drug-likeness (QED) is 0.558. The third-order valence-electron chi connectivity index (χ3n) is 2.11. The minimum atomic E-state index is -0.325. The summed E-state index contributed by atoms with van der Waals surface area (Å²) in [7, 11) is 0. The van der Waals surface area contributed by atoms with Crippen LogP contribution in [0.5, 0.6) is 0 Å². The second kappa shape index (κ2) is 2.27. The van der Waals surface area contributed by atoms with Crippen LogP contribution < -0.4 is 5.11 Å². The average Bonchev–Trinajstić information content (AvgIpc) is 2.31. The Labute approximate surface area is 70.8 Å². The number of rotatable bonds is 0. The van der Waals surface area contributed by atoms with Gasteiger partial charge in [0.2, 0.25) is 0 Å². The lowest BCUT2D eigenvalue weighted by molar-refractivity contribution is -0.305. The first-order valence-corrected chi connectivity index (χ1v) is 3.85. The zero-order valence-corrected chi connectivity index (χ0v) is 6.76. The van der Waals surface area contributed by atoms with Crippen LogP contribution in [0.1, 0.15) is 16.7 Å². The van der Waals surface area contributed by atoms with Crippen LogP contribution in [0.3, 0.4) is 0 Å². The van der Waals surface area contributed by atoms with Gasteiger partial charge in [0.05, 0.1) is 0 Å². The summed E-state index contributed by atoms with van der Waals surface area (Å²) in [5.74, 6) is -0.607. The summed E-state index contributed by atoms with van der Waals surface area (Å²) in [6, 6.07) is 5.56. The monoisotopic (exact) mass is 160 g/mol. The van der Waals surface area contributed by atoms with E-state index in [4.69, 9.17) is 0 Å². The molecule has 0 spiro atoms. The molecule has 0 saturated carbocycles. The highest BCUT2D eigenvalue weighted by Gasteiger charge is 2.16. The van der Waals surface area contributed by atoms with E-state index in [1.54, 1.807) is 6.07 Å². The molecule has 0 N–H and O–H groups in total. The van der Waals surface area contributed by atoms with Crippen molar-refractivity contribution in [1.82, 2.24) is 0 Å². The SMILES string of the molecule is Cc1ccc2c(c1)C([O])=C([O-])C2. The van der Waals surface area contributed by atoms with Crippen LogP contribution in [0.25, 0.3) is 5.76 Å². The summed E-state index contributed by atoms with van der Waals surface area (Å²) in [6.07, 6.45) is 0.286. The van der Waals surface area contributed by atoms with Crippen molar-refractivity contribution in [3.63, 3.8) is 0 Å². The molecule has 0 bridgehead atoms. The highest BCUT2D eigenvalue weighted by molar-refractivity contribution is 5.69. The van der Waals surface area contributed by atoms with Crippen LogP contribution in [-0.4, -0.2) is 0 Å². The van der Waals surface area contributed by atoms with Crippen LogP contribution in [0.2, 0.25) is 0 Å². The highest BCUT2D eigenvalue weighted by atomic mass is 16.3. The Hall–Kier alpha value is -1.44. The van der Waals surface area contributed by atoms with Crippen molar-refractivity contribution >= 4 is 5.76 Å². The van der Waals surface area contributed by atoms with E-state index >= 15 is 0 Å². The van der Waals surface area contributed by atoms with Crippen molar-refractivity contribution in [2.45, 2.75) is 13.3 Å². The molecule has 12 heavy (non-hydrogen) atoms. The molecule has 0 atom stereocenters. The van der Waals surface area contributed by atoms with E-state index in [0.717, 1.165) is 11.1 Å². The Kier molecular flexibility index (Phi) is 1.37. The first-order valence-electron chi connectivity index (χ1n) is 3.85. The Balaban J connectivity index is 2.60. The molecule has 1 aliphatic rings. The van der Waals surface area contributed by atoms with Crippen LogP contribution in [0.15, 0.2) is 24.0 Å². The normalized spacial score (nSPS) is 15.1. The van der Waals surface area contributed by atoms with Gasteiger partial charge in [0.1, 0.15) is 0 Å². The standard InChI is InChI=1S/C10H9O2/c1-6-2-3-7-5-9(11)10(12)8(7)4-6/h2-4,11H,5H2,1H3/p-1. The van der Waals surface area contributed by atoms with Gasteiger partial charge < -0.3 is 5.11 Å². The molecular weight excluding hydrogens is 152 g/mol. The van der Waals surface area contributed by atoms with E-state index in [1.165, 1.54) is 0 Å². The summed E-state index contributed by atoms with van der Waals surface area (Å²) in [5.41, 5.74) is 2.49. The van der Waals surface area contributed by atoms with E-state index in [9.17, 15) is 10.2 Å². The van der Waals surface area contributed by atoms with Crippen molar-refractivity contribution < 1.29 is 10.2 Å². The summed E-state index contributed by atoms with van der Waals surface area (Å²) in [4.78, 5) is 0. The van der Waals surface area contributed by atoms with E-state index < -0.39 is 0 Å². The predicted molar refractivity (Wildman–Crippen MR) is 42.5 cm³/mol. The molecular formula is C10H8O2-. The number of benzene rings is 1. The van der Waals surface area contributed by atoms with Gasteiger partial charge in [-0.15, -0.1) is 0 Å². The largest absolute Gasteiger partial charge is 0.873 e. The Bertz CT molecular complexity index is 364. The Morgan fingerprint density at radius 1 is 1.42 bits per heavy atom. The number of fused-ring (bicyclic) bond motifs is 1. The van der Waals surface area contributed by atoms with Crippen LogP contribution in [-0.2, 0) is 11.5 Å². The van der Waals surface area contributed by atoms with E-state index in [2.05, 4.69) is 0 Å². The lowest BCUT2D eigenvalue weighted by Crippen LogP contribution is -2.03. The molecule has 2 nitrogen and oxygen atoms in total. The van der Waals surface area contributed by atoms with Gasteiger partial charge in [-0.2, -0.15) is 0 Å². The molecule has 61 valence electrons. The van der Waals surface area contributed by atoms with Crippen LogP contribution in [0.4, 0.5) is 0 Å². The molecule has 2 rings (SSSR count). The van der Waals surface area contributed by atoms with Gasteiger partial charge in [0, 0.05) is 5.56 Å². The topological polar surface area (TPSA) is 43.0 Å². The molecule has 0 aliphatic heterocycles. The molecule has 2 heteroatoms. The maximum atomic E-state index is 11.2. The van der Waals surface area contributed by atoms with Gasteiger partial charge in [-0.1, -0.05) is 23.5 Å². The van der Waals surface area contributed by atoms with Gasteiger partial charge in [-0.25, -0.2) is 0 Å². The molecule has 0 saturated heterocycles. The first-order chi connectivity index (χ1) is 5.68. The van der Waals surface area contributed by atoms with E-state index in [1.807, 2.05) is 19.1 Å². The van der Waals surface area contributed by atoms with Crippen molar-refractivity contribution in [2.75, 3.05) is 0 Å². The molecule has 1 aromatic rings. The molecule has 0 aromatic heterocycles. The number of hydrogen-bond donors (Lipinski definition) is 0. The molecule has 1 radical (unpaired) electrons. The molecule has 0 unspecified atom stereocenters. The average molecular weight is 160 g/mol. The molecule has 1 aliphatic carbocycles. The zero-order chi connectivity index (χ0) is 8.72. The number of aryl methyl sites for hydroxylation is 1. The lowest BCUT2D eigenvalue weighted by Gasteiger charge is -2.01. The lowest BCUT2D eigenvalue weighted by atomic mass is 10.1. The van der Waals surface area contributed by atoms with Crippen molar-refractivity contribution in [3.05, 3.63) is 40.6 Å². The predicted octanol–water partition coefficient (Wildman–Crippen LogP) is 1.01. The third-order valence-corrected chi connectivity index (χ3v) is 2.11. The van der Waals surface area contributed by atoms with Crippen LogP contribution in [0, 0.1) is 6.92 Å². The molecule has 0 heterocycles. The fourth-order valence-corrected chi connectivity index (χ4v) is 1.46. The van der Waals surface area contributed by atoms with Gasteiger partial charge >= 0.3 is 0 Å². The third kappa shape index (κ3) is 0.881. The Morgan fingerprint density at radius 3 is 2.92 bits per heavy atom. The second-order valence-electron chi connectivity index (χ2n) is 3.09. The first kappa shape index (κ1) is 7.22. The fraction of sp³-hybridized carbons (Fsp3) is 0.200.